The summed E-state index contributed by atoms with van der Waals surface area (Å²) < 4.78 is 7.43. The molecular formula is C13H16N2O2S. The summed E-state index contributed by atoms with van der Waals surface area (Å²) in [6, 6.07) is 5.43. The number of methoxy groups -OCH3 is 1. The molecule has 0 aliphatic rings. The van der Waals surface area contributed by atoms with Crippen LogP contribution in [0, 0.1) is 10.7 Å². The third kappa shape index (κ3) is 2.31. The first-order chi connectivity index (χ1) is 8.52. The van der Waals surface area contributed by atoms with E-state index < -0.39 is 0 Å². The standard InChI is InChI=1S/C13H16N2O2S/c1-8(2)7-15-11-5-4-9(12(16)17-3)6-10(11)14-13(15)18/h4-6,8H,7H2,1-3H3,(H,14,18). The van der Waals surface area contributed by atoms with Crippen molar-refractivity contribution in [2.45, 2.75) is 20.4 Å². The van der Waals surface area contributed by atoms with Crippen LogP contribution in [0.15, 0.2) is 18.2 Å². The van der Waals surface area contributed by atoms with Gasteiger partial charge < -0.3 is 14.3 Å². The van der Waals surface area contributed by atoms with E-state index in [0.717, 1.165) is 17.6 Å². The summed E-state index contributed by atoms with van der Waals surface area (Å²) in [4.78, 5) is 14.6. The second-order valence-corrected chi connectivity index (χ2v) is 5.04. The van der Waals surface area contributed by atoms with Crippen LogP contribution in [-0.4, -0.2) is 22.6 Å². The van der Waals surface area contributed by atoms with Gasteiger partial charge in [0, 0.05) is 6.54 Å². The van der Waals surface area contributed by atoms with Gasteiger partial charge in [0.15, 0.2) is 4.77 Å². The second kappa shape index (κ2) is 4.94. The number of esters is 1. The number of aromatic amines is 1. The van der Waals surface area contributed by atoms with Gasteiger partial charge in [-0.15, -0.1) is 0 Å². The maximum Gasteiger partial charge on any atom is 0.337 e. The van der Waals surface area contributed by atoms with Crippen LogP contribution < -0.4 is 0 Å². The van der Waals surface area contributed by atoms with Crippen LogP contribution in [-0.2, 0) is 11.3 Å². The van der Waals surface area contributed by atoms with Gasteiger partial charge in [-0.05, 0) is 36.3 Å². The summed E-state index contributed by atoms with van der Waals surface area (Å²) in [6.45, 7) is 5.14. The van der Waals surface area contributed by atoms with E-state index in [0.29, 0.717) is 16.3 Å². The lowest BCUT2D eigenvalue weighted by Crippen LogP contribution is -2.04. The van der Waals surface area contributed by atoms with E-state index in [1.807, 2.05) is 6.07 Å². The lowest BCUT2D eigenvalue weighted by atomic mass is 10.2. The number of nitrogens with one attached hydrogen (secondary N) is 1. The predicted molar refractivity (Wildman–Crippen MR) is 73.3 cm³/mol. The Bertz CT molecular complexity index is 640. The Morgan fingerprint density at radius 2 is 2.22 bits per heavy atom. The Hall–Kier alpha value is -1.62. The molecule has 5 heteroatoms. The molecule has 1 heterocycles. The summed E-state index contributed by atoms with van der Waals surface area (Å²) in [6.07, 6.45) is 0. The molecule has 0 radical (unpaired) electrons. The molecule has 4 nitrogen and oxygen atoms in total. The molecule has 0 unspecified atom stereocenters. The van der Waals surface area contributed by atoms with Crippen molar-refractivity contribution in [3.8, 4) is 0 Å². The fourth-order valence-corrected chi connectivity index (χ4v) is 2.24. The SMILES string of the molecule is COC(=O)c1ccc2c(c1)[nH]c(=S)n2CC(C)C. The molecule has 2 rings (SSSR count). The highest BCUT2D eigenvalue weighted by molar-refractivity contribution is 7.71. The number of nitrogens with zero attached hydrogens (tertiary/aromatic N) is 1. The third-order valence-corrected chi connectivity index (χ3v) is 3.07. The van der Waals surface area contributed by atoms with Crippen LogP contribution in [0.2, 0.25) is 0 Å². The van der Waals surface area contributed by atoms with Crippen LogP contribution in [0.3, 0.4) is 0 Å². The minimum atomic E-state index is -0.340. The molecule has 0 amide bonds. The van der Waals surface area contributed by atoms with Crippen molar-refractivity contribution in [1.29, 1.82) is 0 Å². The molecule has 0 atom stereocenters. The maximum absolute atomic E-state index is 11.5. The smallest absolute Gasteiger partial charge is 0.337 e. The molecule has 1 aromatic carbocycles. The van der Waals surface area contributed by atoms with Gasteiger partial charge in [-0.1, -0.05) is 13.8 Å². The van der Waals surface area contributed by atoms with Crippen molar-refractivity contribution < 1.29 is 9.53 Å². The highest BCUT2D eigenvalue weighted by Gasteiger charge is 2.10. The number of carbonyl (C=O) groups is 1. The van der Waals surface area contributed by atoms with Gasteiger partial charge in [0.1, 0.15) is 0 Å². The van der Waals surface area contributed by atoms with Crippen LogP contribution in [0.5, 0.6) is 0 Å². The number of hydrogen-bond donors (Lipinski definition) is 1. The number of benzene rings is 1. The molecule has 0 spiro atoms. The van der Waals surface area contributed by atoms with Crippen molar-refractivity contribution in [3.63, 3.8) is 0 Å². The Morgan fingerprint density at radius 3 is 2.83 bits per heavy atom. The van der Waals surface area contributed by atoms with Gasteiger partial charge in [-0.3, -0.25) is 0 Å². The Balaban J connectivity index is 2.54. The predicted octanol–water partition coefficient (Wildman–Crippen LogP) is 3.14. The Kier molecular flexibility index (Phi) is 3.52. The molecule has 2 aromatic rings. The lowest BCUT2D eigenvalue weighted by Gasteiger charge is -2.07. The lowest BCUT2D eigenvalue weighted by molar-refractivity contribution is 0.0601. The van der Waals surface area contributed by atoms with E-state index in [1.54, 1.807) is 12.1 Å². The molecule has 96 valence electrons. The van der Waals surface area contributed by atoms with Gasteiger partial charge in [-0.25, -0.2) is 4.79 Å². The summed E-state index contributed by atoms with van der Waals surface area (Å²) in [5.74, 6) is 0.170. The first-order valence-corrected chi connectivity index (χ1v) is 6.24. The minimum Gasteiger partial charge on any atom is -0.465 e. The van der Waals surface area contributed by atoms with Gasteiger partial charge in [0.25, 0.3) is 0 Å². The summed E-state index contributed by atoms with van der Waals surface area (Å²) >= 11 is 5.30. The molecule has 0 aliphatic heterocycles. The highest BCUT2D eigenvalue weighted by Crippen LogP contribution is 2.18. The number of H-pyrrole nitrogens is 1. The van der Waals surface area contributed by atoms with Crippen LogP contribution in [0.25, 0.3) is 11.0 Å². The molecule has 0 bridgehead atoms. The number of fused-ring (bicyclic) bond motifs is 1. The fraction of sp³-hybridized carbons (Fsp3) is 0.385. The zero-order valence-corrected chi connectivity index (χ0v) is 11.5. The number of carbonyl (C=O) groups excluding carboxylic acids is 1. The maximum atomic E-state index is 11.5. The van der Waals surface area contributed by atoms with E-state index in [1.165, 1.54) is 7.11 Å². The van der Waals surface area contributed by atoms with Crippen LogP contribution in [0.1, 0.15) is 24.2 Å². The molecule has 1 aromatic heterocycles. The van der Waals surface area contributed by atoms with Crippen LogP contribution in [0.4, 0.5) is 0 Å². The number of imidazole rings is 1. The quantitative estimate of drug-likeness (QED) is 0.684. The second-order valence-electron chi connectivity index (χ2n) is 4.66. The molecule has 0 saturated carbocycles. The highest BCUT2D eigenvalue weighted by atomic mass is 32.1. The summed E-state index contributed by atoms with van der Waals surface area (Å²) in [5.41, 5.74) is 2.41. The zero-order valence-electron chi connectivity index (χ0n) is 10.7. The van der Waals surface area contributed by atoms with E-state index in [9.17, 15) is 4.79 Å². The van der Waals surface area contributed by atoms with Crippen molar-refractivity contribution in [1.82, 2.24) is 9.55 Å². The molecule has 1 N–H and O–H groups in total. The van der Waals surface area contributed by atoms with Crippen molar-refractivity contribution in [2.75, 3.05) is 7.11 Å². The molecule has 0 aliphatic carbocycles. The van der Waals surface area contributed by atoms with Crippen LogP contribution >= 0.6 is 12.2 Å². The Labute approximate surface area is 111 Å². The number of rotatable bonds is 3. The minimum absolute atomic E-state index is 0.340. The van der Waals surface area contributed by atoms with Crippen molar-refractivity contribution in [2.24, 2.45) is 5.92 Å². The molecule has 0 saturated heterocycles. The van der Waals surface area contributed by atoms with Gasteiger partial charge in [0.05, 0.1) is 23.7 Å². The Morgan fingerprint density at radius 1 is 1.50 bits per heavy atom. The normalized spacial score (nSPS) is 11.1. The average Bonchev–Trinajstić information content (AvgIpc) is 2.63. The van der Waals surface area contributed by atoms with E-state index in [2.05, 4.69) is 23.4 Å². The topological polar surface area (TPSA) is 47.0 Å². The third-order valence-electron chi connectivity index (χ3n) is 2.74. The van der Waals surface area contributed by atoms with Gasteiger partial charge >= 0.3 is 5.97 Å². The van der Waals surface area contributed by atoms with Gasteiger partial charge in [0.2, 0.25) is 0 Å². The first-order valence-electron chi connectivity index (χ1n) is 5.84. The zero-order chi connectivity index (χ0) is 13.3. The van der Waals surface area contributed by atoms with E-state index >= 15 is 0 Å². The first kappa shape index (κ1) is 12.8. The summed E-state index contributed by atoms with van der Waals surface area (Å²) in [7, 11) is 1.37. The summed E-state index contributed by atoms with van der Waals surface area (Å²) in [5, 5.41) is 0. The number of ether oxygens (including phenoxy) is 1. The fourth-order valence-electron chi connectivity index (χ4n) is 1.95. The molecule has 18 heavy (non-hydrogen) atoms. The number of aromatic nitrogens is 2. The van der Waals surface area contributed by atoms with E-state index in [4.69, 9.17) is 17.0 Å². The van der Waals surface area contributed by atoms with Crippen molar-refractivity contribution >= 4 is 29.2 Å². The van der Waals surface area contributed by atoms with Gasteiger partial charge in [-0.2, -0.15) is 0 Å². The molecule has 0 fully saturated rings. The van der Waals surface area contributed by atoms with Crippen molar-refractivity contribution in [3.05, 3.63) is 28.5 Å². The monoisotopic (exact) mass is 264 g/mol. The van der Waals surface area contributed by atoms with E-state index in [-0.39, 0.29) is 5.97 Å². The average molecular weight is 264 g/mol. The molecular weight excluding hydrogens is 248 g/mol. The number of hydrogen-bond acceptors (Lipinski definition) is 3. The largest absolute Gasteiger partial charge is 0.465 e.